The lowest BCUT2D eigenvalue weighted by molar-refractivity contribution is -0.131. The molecule has 0 bridgehead atoms. The van der Waals surface area contributed by atoms with Gasteiger partial charge in [-0.1, -0.05) is 18.0 Å². The first kappa shape index (κ1) is 17.3. The molecule has 2 saturated heterocycles. The number of nitrogens with zero attached hydrogens (tertiary/aromatic N) is 4. The molecule has 3 aliphatic rings. The van der Waals surface area contributed by atoms with Crippen molar-refractivity contribution < 1.29 is 14.1 Å². The third kappa shape index (κ3) is 3.67. The number of aromatic nitrogens is 2. The molecule has 26 heavy (non-hydrogen) atoms. The average molecular weight is 362 g/mol. The van der Waals surface area contributed by atoms with E-state index >= 15 is 0 Å². The van der Waals surface area contributed by atoms with Gasteiger partial charge in [0.15, 0.2) is 5.82 Å². The van der Waals surface area contributed by atoms with Crippen molar-refractivity contribution >= 4 is 11.9 Å². The summed E-state index contributed by atoms with van der Waals surface area (Å²) in [7, 11) is 0. The van der Waals surface area contributed by atoms with Crippen LogP contribution in [0.2, 0.25) is 0 Å². The van der Waals surface area contributed by atoms with Crippen molar-refractivity contribution in [1.82, 2.24) is 30.6 Å². The highest BCUT2D eigenvalue weighted by atomic mass is 16.5. The van der Waals surface area contributed by atoms with Gasteiger partial charge in [-0.05, 0) is 12.8 Å². The molecule has 1 aromatic heterocycles. The summed E-state index contributed by atoms with van der Waals surface area (Å²) in [5.74, 6) is 1.80. The van der Waals surface area contributed by atoms with Crippen LogP contribution in [0, 0.1) is 0 Å². The number of hydrogen-bond acceptors (Lipinski definition) is 6. The van der Waals surface area contributed by atoms with Crippen LogP contribution in [0.5, 0.6) is 0 Å². The van der Waals surface area contributed by atoms with Crippen LogP contribution < -0.4 is 10.6 Å². The van der Waals surface area contributed by atoms with Crippen LogP contribution in [0.1, 0.15) is 43.3 Å². The predicted octanol–water partition coefficient (Wildman–Crippen LogP) is 0.0953. The molecule has 142 valence electrons. The first-order valence-electron chi connectivity index (χ1n) is 9.58. The van der Waals surface area contributed by atoms with Crippen LogP contribution in [0.25, 0.3) is 0 Å². The average Bonchev–Trinajstić information content (AvgIpc) is 3.33. The Labute approximate surface area is 152 Å². The Morgan fingerprint density at radius 2 is 2.12 bits per heavy atom. The highest BCUT2D eigenvalue weighted by Crippen LogP contribution is 2.32. The predicted molar refractivity (Wildman–Crippen MR) is 92.6 cm³/mol. The molecular formula is C17H26N6O3. The minimum Gasteiger partial charge on any atom is -0.353 e. The number of piperazine rings is 2. The number of fused-ring (bicyclic) bond motifs is 1. The van der Waals surface area contributed by atoms with Crippen LogP contribution in [0.3, 0.4) is 0 Å². The van der Waals surface area contributed by atoms with E-state index in [2.05, 4.69) is 25.7 Å². The van der Waals surface area contributed by atoms with E-state index in [9.17, 15) is 9.59 Å². The van der Waals surface area contributed by atoms with E-state index in [1.54, 1.807) is 4.90 Å². The molecule has 3 amide bonds. The normalized spacial score (nSPS) is 24.4. The maximum atomic E-state index is 12.4. The van der Waals surface area contributed by atoms with Gasteiger partial charge in [0.05, 0.1) is 0 Å². The van der Waals surface area contributed by atoms with Crippen molar-refractivity contribution in [3.63, 3.8) is 0 Å². The second-order valence-electron chi connectivity index (χ2n) is 7.30. The Hall–Kier alpha value is -2.16. The number of urea groups is 1. The first-order valence-corrected chi connectivity index (χ1v) is 9.58. The van der Waals surface area contributed by atoms with Crippen LogP contribution >= 0.6 is 0 Å². The van der Waals surface area contributed by atoms with Crippen molar-refractivity contribution in [3.05, 3.63) is 11.7 Å². The number of rotatable bonds is 4. The lowest BCUT2D eigenvalue weighted by atomic mass is 10.1. The molecule has 2 aliphatic heterocycles. The van der Waals surface area contributed by atoms with Crippen molar-refractivity contribution in [2.45, 2.75) is 44.1 Å². The molecule has 1 aliphatic carbocycles. The second kappa shape index (κ2) is 7.61. The van der Waals surface area contributed by atoms with Crippen LogP contribution in [0.4, 0.5) is 4.79 Å². The zero-order chi connectivity index (χ0) is 17.9. The van der Waals surface area contributed by atoms with Gasteiger partial charge in [-0.15, -0.1) is 0 Å². The zero-order valence-corrected chi connectivity index (χ0v) is 14.9. The first-order chi connectivity index (χ1) is 12.7. The van der Waals surface area contributed by atoms with Crippen molar-refractivity contribution in [1.29, 1.82) is 0 Å². The maximum Gasteiger partial charge on any atom is 0.317 e. The molecule has 3 fully saturated rings. The number of amides is 3. The van der Waals surface area contributed by atoms with E-state index in [1.165, 1.54) is 12.8 Å². The van der Waals surface area contributed by atoms with Gasteiger partial charge in [-0.25, -0.2) is 4.79 Å². The molecule has 9 heteroatoms. The maximum absolute atomic E-state index is 12.4. The lowest BCUT2D eigenvalue weighted by Gasteiger charge is -2.42. The van der Waals surface area contributed by atoms with Crippen molar-refractivity contribution in [3.8, 4) is 0 Å². The quantitative estimate of drug-likeness (QED) is 0.787. The molecule has 4 rings (SSSR count). The van der Waals surface area contributed by atoms with Gasteiger partial charge in [0.1, 0.15) is 6.04 Å². The second-order valence-corrected chi connectivity index (χ2v) is 7.30. The zero-order valence-electron chi connectivity index (χ0n) is 14.9. The van der Waals surface area contributed by atoms with Gasteiger partial charge in [0, 0.05) is 51.6 Å². The highest BCUT2D eigenvalue weighted by molar-refractivity contribution is 5.84. The smallest absolute Gasteiger partial charge is 0.317 e. The van der Waals surface area contributed by atoms with Gasteiger partial charge in [0.2, 0.25) is 11.8 Å². The summed E-state index contributed by atoms with van der Waals surface area (Å²) in [6.45, 7) is 3.82. The fourth-order valence-corrected chi connectivity index (χ4v) is 4.06. The van der Waals surface area contributed by atoms with Crippen molar-refractivity contribution in [2.75, 3.05) is 39.3 Å². The molecule has 0 unspecified atom stereocenters. The number of nitrogens with one attached hydrogen (secondary N) is 2. The van der Waals surface area contributed by atoms with E-state index in [0.717, 1.165) is 31.8 Å². The summed E-state index contributed by atoms with van der Waals surface area (Å²) in [6.07, 6.45) is 5.25. The molecule has 3 heterocycles. The molecule has 2 N–H and O–H groups in total. The SMILES string of the molecule is O=C1NCCN2CCN(C(=O)NCCc3noc(C4CCCC4)n3)C[C@H]12. The number of carbonyl (C=O) groups is 2. The fraction of sp³-hybridized carbons (Fsp3) is 0.765. The van der Waals surface area contributed by atoms with E-state index in [0.29, 0.717) is 44.3 Å². The molecule has 1 aromatic rings. The summed E-state index contributed by atoms with van der Waals surface area (Å²) in [5.41, 5.74) is 0. The summed E-state index contributed by atoms with van der Waals surface area (Å²) in [6, 6.07) is -0.364. The van der Waals surface area contributed by atoms with Gasteiger partial charge in [0.25, 0.3) is 0 Å². The standard InChI is InChI=1S/C17H26N6O3/c24-15-13-11-23(10-9-22(13)8-7-18-15)17(25)19-6-5-14-20-16(26-21-14)12-3-1-2-4-12/h12-13H,1-11H2,(H,18,24)(H,19,25)/t13-/m1/s1. The van der Waals surface area contributed by atoms with E-state index in [1.807, 2.05) is 0 Å². The van der Waals surface area contributed by atoms with Gasteiger partial charge >= 0.3 is 6.03 Å². The summed E-state index contributed by atoms with van der Waals surface area (Å²) in [4.78, 5) is 32.7. The molecule has 1 saturated carbocycles. The van der Waals surface area contributed by atoms with Gasteiger partial charge in [-0.3, -0.25) is 9.69 Å². The van der Waals surface area contributed by atoms with E-state index < -0.39 is 0 Å². The monoisotopic (exact) mass is 362 g/mol. The van der Waals surface area contributed by atoms with Crippen LogP contribution in [-0.2, 0) is 11.2 Å². The Bertz CT molecular complexity index is 657. The summed E-state index contributed by atoms with van der Waals surface area (Å²) < 4.78 is 5.36. The van der Waals surface area contributed by atoms with Gasteiger partial charge < -0.3 is 20.1 Å². The minimum atomic E-state index is -0.227. The molecule has 1 atom stereocenters. The lowest BCUT2D eigenvalue weighted by Crippen LogP contribution is -2.65. The third-order valence-electron chi connectivity index (χ3n) is 5.59. The minimum absolute atomic E-state index is 0.0139. The Kier molecular flexibility index (Phi) is 5.05. The molecule has 9 nitrogen and oxygen atoms in total. The number of carbonyl (C=O) groups excluding carboxylic acids is 2. The van der Waals surface area contributed by atoms with Gasteiger partial charge in [-0.2, -0.15) is 4.98 Å². The highest BCUT2D eigenvalue weighted by Gasteiger charge is 2.36. The Balaban J connectivity index is 1.23. The Morgan fingerprint density at radius 3 is 2.96 bits per heavy atom. The number of hydrogen-bond donors (Lipinski definition) is 2. The largest absolute Gasteiger partial charge is 0.353 e. The summed E-state index contributed by atoms with van der Waals surface area (Å²) in [5, 5.41) is 9.79. The fourth-order valence-electron chi connectivity index (χ4n) is 4.06. The third-order valence-corrected chi connectivity index (χ3v) is 5.59. The molecule has 0 aromatic carbocycles. The molecule has 0 radical (unpaired) electrons. The Morgan fingerprint density at radius 1 is 1.27 bits per heavy atom. The molecule has 0 spiro atoms. The van der Waals surface area contributed by atoms with Crippen LogP contribution in [0.15, 0.2) is 4.52 Å². The van der Waals surface area contributed by atoms with Crippen molar-refractivity contribution in [2.24, 2.45) is 0 Å². The van der Waals surface area contributed by atoms with Crippen LogP contribution in [-0.4, -0.2) is 77.2 Å². The molecular weight excluding hydrogens is 336 g/mol. The van der Waals surface area contributed by atoms with E-state index in [-0.39, 0.29) is 18.0 Å². The van der Waals surface area contributed by atoms with E-state index in [4.69, 9.17) is 4.52 Å². The summed E-state index contributed by atoms with van der Waals surface area (Å²) >= 11 is 0. The topological polar surface area (TPSA) is 104 Å².